The Balaban J connectivity index is 1.52. The van der Waals surface area contributed by atoms with Gasteiger partial charge in [0.15, 0.2) is 0 Å². The minimum atomic E-state index is -0.0447. The van der Waals surface area contributed by atoms with Gasteiger partial charge in [-0.15, -0.1) is 0 Å². The van der Waals surface area contributed by atoms with Crippen LogP contribution in [0.15, 0.2) is 24.3 Å². The van der Waals surface area contributed by atoms with E-state index in [4.69, 9.17) is 4.98 Å². The molecule has 3 rings (SSSR count). The van der Waals surface area contributed by atoms with Crippen LogP contribution < -0.4 is 5.32 Å². The summed E-state index contributed by atoms with van der Waals surface area (Å²) < 4.78 is 0. The lowest BCUT2D eigenvalue weighted by molar-refractivity contribution is -0.122. The van der Waals surface area contributed by atoms with Crippen molar-refractivity contribution >= 4 is 38.5 Å². The molecule has 142 valence electrons. The molecular formula is C20H29N3OS2. The van der Waals surface area contributed by atoms with Crippen LogP contribution in [-0.4, -0.2) is 26.9 Å². The molecule has 1 aromatic heterocycles. The summed E-state index contributed by atoms with van der Waals surface area (Å²) in [6.07, 6.45) is 6.18. The summed E-state index contributed by atoms with van der Waals surface area (Å²) in [6.45, 7) is 4.36. The molecule has 1 aliphatic heterocycles. The summed E-state index contributed by atoms with van der Waals surface area (Å²) in [6, 6.07) is 7.98. The molecule has 0 unspecified atom stereocenters. The maximum Gasteiger partial charge on any atom is 0.220 e. The Morgan fingerprint density at radius 3 is 2.92 bits per heavy atom. The number of unbranched alkanes of at least 4 members (excludes halogenated alkanes) is 1. The fraction of sp³-hybridized carbons (Fsp3) is 0.600. The van der Waals surface area contributed by atoms with Gasteiger partial charge in [-0.1, -0.05) is 54.0 Å². The molecule has 1 aliphatic rings. The third-order valence-electron chi connectivity index (χ3n) is 4.69. The molecule has 0 bridgehead atoms. The number of nitrogens with one attached hydrogen (secondary N) is 2. The first-order valence-corrected chi connectivity index (χ1v) is 12.0. The van der Waals surface area contributed by atoms with E-state index in [0.717, 1.165) is 41.4 Å². The van der Waals surface area contributed by atoms with E-state index in [1.165, 1.54) is 18.6 Å². The van der Waals surface area contributed by atoms with Crippen LogP contribution >= 0.6 is 21.6 Å². The van der Waals surface area contributed by atoms with Crippen molar-refractivity contribution in [2.24, 2.45) is 5.92 Å². The van der Waals surface area contributed by atoms with Gasteiger partial charge < -0.3 is 10.3 Å². The molecular weight excluding hydrogens is 362 g/mol. The van der Waals surface area contributed by atoms with E-state index in [-0.39, 0.29) is 11.9 Å². The lowest BCUT2D eigenvalue weighted by atomic mass is 10.0. The molecule has 26 heavy (non-hydrogen) atoms. The third kappa shape index (κ3) is 5.68. The minimum Gasteiger partial charge on any atom is -0.346 e. The Morgan fingerprint density at radius 1 is 1.35 bits per heavy atom. The number of para-hydroxylation sites is 2. The van der Waals surface area contributed by atoms with Gasteiger partial charge >= 0.3 is 0 Å². The normalized spacial score (nSPS) is 18.5. The standard InChI is InChI=1S/C20H29N3OS2/c1-14(2)13-18(20-22-16-8-4-5-9-17(16)23-20)21-19(24)10-6-3-7-15-11-12-25-26-15/h4-5,8-9,14-15,18H,3,6-7,10-13H2,1-2H3,(H,21,24)(H,22,23)/t15-,18+/m1/s1. The number of H-pyrrole nitrogens is 1. The average Bonchev–Trinajstić information content (AvgIpc) is 3.27. The van der Waals surface area contributed by atoms with Crippen LogP contribution in [-0.2, 0) is 4.79 Å². The van der Waals surface area contributed by atoms with Crippen molar-refractivity contribution in [1.29, 1.82) is 0 Å². The number of fused-ring (bicyclic) bond motifs is 1. The zero-order chi connectivity index (χ0) is 18.4. The second kappa shape index (κ2) is 9.70. The maximum atomic E-state index is 12.5. The van der Waals surface area contributed by atoms with Crippen molar-refractivity contribution in [2.45, 2.75) is 63.7 Å². The molecule has 4 nitrogen and oxygen atoms in total. The quantitative estimate of drug-likeness (QED) is 0.439. The molecule has 6 heteroatoms. The number of imidazole rings is 1. The Labute approximate surface area is 164 Å². The summed E-state index contributed by atoms with van der Waals surface area (Å²) in [7, 11) is 4.01. The first-order chi connectivity index (χ1) is 12.6. The van der Waals surface area contributed by atoms with Crippen molar-refractivity contribution < 1.29 is 4.79 Å². The minimum absolute atomic E-state index is 0.0447. The molecule has 2 atom stereocenters. The molecule has 2 aromatic rings. The molecule has 0 saturated carbocycles. The number of aromatic nitrogens is 2. The number of benzene rings is 1. The molecule has 1 aromatic carbocycles. The number of amides is 1. The van der Waals surface area contributed by atoms with Gasteiger partial charge in [-0.2, -0.15) is 0 Å². The van der Waals surface area contributed by atoms with Crippen LogP contribution in [0.2, 0.25) is 0 Å². The van der Waals surface area contributed by atoms with E-state index >= 15 is 0 Å². The summed E-state index contributed by atoms with van der Waals surface area (Å²) in [5.74, 6) is 2.78. The van der Waals surface area contributed by atoms with Crippen molar-refractivity contribution in [3.8, 4) is 0 Å². The zero-order valence-electron chi connectivity index (χ0n) is 15.7. The van der Waals surface area contributed by atoms with Crippen LogP contribution in [0.3, 0.4) is 0 Å². The van der Waals surface area contributed by atoms with Gasteiger partial charge in [-0.3, -0.25) is 4.79 Å². The van der Waals surface area contributed by atoms with Gasteiger partial charge in [0.1, 0.15) is 5.82 Å². The maximum absolute atomic E-state index is 12.5. The summed E-state index contributed by atoms with van der Waals surface area (Å²) in [4.78, 5) is 20.5. The van der Waals surface area contributed by atoms with Gasteiger partial charge in [0, 0.05) is 17.4 Å². The largest absolute Gasteiger partial charge is 0.346 e. The Bertz CT molecular complexity index is 677. The van der Waals surface area contributed by atoms with Crippen molar-refractivity contribution in [3.05, 3.63) is 30.1 Å². The van der Waals surface area contributed by atoms with Crippen molar-refractivity contribution in [1.82, 2.24) is 15.3 Å². The average molecular weight is 392 g/mol. The Hall–Kier alpha value is -1.14. The van der Waals surface area contributed by atoms with E-state index in [2.05, 4.69) is 24.1 Å². The van der Waals surface area contributed by atoms with Gasteiger partial charge in [0.25, 0.3) is 0 Å². The number of aromatic amines is 1. The Morgan fingerprint density at radius 2 is 2.19 bits per heavy atom. The number of nitrogens with zero attached hydrogens (tertiary/aromatic N) is 1. The molecule has 1 saturated heterocycles. The van der Waals surface area contributed by atoms with Crippen LogP contribution in [0.25, 0.3) is 11.0 Å². The van der Waals surface area contributed by atoms with E-state index in [9.17, 15) is 4.79 Å². The summed E-state index contributed by atoms with van der Waals surface area (Å²) in [5, 5.41) is 4.01. The summed E-state index contributed by atoms with van der Waals surface area (Å²) in [5.41, 5.74) is 1.98. The van der Waals surface area contributed by atoms with E-state index in [1.54, 1.807) is 0 Å². The SMILES string of the molecule is CC(C)C[C@H](NC(=O)CCCC[C@@H]1CCSS1)c1nc2ccccc2[nH]1. The molecule has 1 fully saturated rings. The first-order valence-electron chi connectivity index (χ1n) is 9.64. The van der Waals surface area contributed by atoms with Crippen molar-refractivity contribution in [2.75, 3.05) is 5.75 Å². The van der Waals surface area contributed by atoms with Crippen LogP contribution in [0.4, 0.5) is 0 Å². The van der Waals surface area contributed by atoms with Crippen LogP contribution in [0.5, 0.6) is 0 Å². The molecule has 2 heterocycles. The number of hydrogen-bond acceptors (Lipinski definition) is 4. The molecule has 2 N–H and O–H groups in total. The first kappa shape index (κ1) is 19.6. The zero-order valence-corrected chi connectivity index (χ0v) is 17.3. The van der Waals surface area contributed by atoms with Gasteiger partial charge in [0.2, 0.25) is 5.91 Å². The van der Waals surface area contributed by atoms with Crippen molar-refractivity contribution in [3.63, 3.8) is 0 Å². The van der Waals surface area contributed by atoms with Crippen LogP contribution in [0, 0.1) is 5.92 Å². The summed E-state index contributed by atoms with van der Waals surface area (Å²) >= 11 is 0. The second-order valence-electron chi connectivity index (χ2n) is 7.46. The van der Waals surface area contributed by atoms with E-state index in [1.807, 2.05) is 45.9 Å². The fourth-order valence-corrected chi connectivity index (χ4v) is 6.36. The highest BCUT2D eigenvalue weighted by atomic mass is 33.1. The van der Waals surface area contributed by atoms with Crippen LogP contribution in [0.1, 0.15) is 64.2 Å². The van der Waals surface area contributed by atoms with Gasteiger partial charge in [0.05, 0.1) is 17.1 Å². The number of carbonyl (C=O) groups excluding carboxylic acids is 1. The fourth-order valence-electron chi connectivity index (χ4n) is 3.34. The molecule has 1 amide bonds. The van der Waals surface area contributed by atoms with E-state index in [0.29, 0.717) is 12.3 Å². The van der Waals surface area contributed by atoms with Gasteiger partial charge in [-0.25, -0.2) is 4.98 Å². The smallest absolute Gasteiger partial charge is 0.220 e. The topological polar surface area (TPSA) is 57.8 Å². The monoisotopic (exact) mass is 391 g/mol. The highest BCUT2D eigenvalue weighted by molar-refractivity contribution is 8.77. The number of rotatable bonds is 9. The number of hydrogen-bond donors (Lipinski definition) is 2. The van der Waals surface area contributed by atoms with E-state index < -0.39 is 0 Å². The predicted molar refractivity (Wildman–Crippen MR) is 113 cm³/mol. The lowest BCUT2D eigenvalue weighted by Crippen LogP contribution is -2.30. The Kier molecular flexibility index (Phi) is 7.32. The third-order valence-corrected chi connectivity index (χ3v) is 7.69. The lowest BCUT2D eigenvalue weighted by Gasteiger charge is -2.19. The van der Waals surface area contributed by atoms with Gasteiger partial charge in [-0.05, 0) is 43.7 Å². The second-order valence-corrected chi connectivity index (χ2v) is 10.3. The molecule has 0 radical (unpaired) electrons. The highest BCUT2D eigenvalue weighted by Crippen LogP contribution is 2.39. The molecule has 0 spiro atoms. The number of carbonyl (C=O) groups is 1. The molecule has 0 aliphatic carbocycles. The predicted octanol–water partition coefficient (Wildman–Crippen LogP) is 5.48. The highest BCUT2D eigenvalue weighted by Gasteiger charge is 2.20.